The molecular weight excluding hydrogens is 304 g/mol. The van der Waals surface area contributed by atoms with Crippen LogP contribution < -0.4 is 0 Å². The molecule has 23 heavy (non-hydrogen) atoms. The number of nitrogens with zero attached hydrogens (tertiary/aromatic N) is 2. The van der Waals surface area contributed by atoms with Crippen molar-refractivity contribution in [2.75, 3.05) is 0 Å². The molecule has 3 aromatic carbocycles. The zero-order valence-electron chi connectivity index (χ0n) is 12.7. The average molecular weight is 319 g/mol. The van der Waals surface area contributed by atoms with Crippen LogP contribution in [0.15, 0.2) is 72.8 Å². The van der Waals surface area contributed by atoms with Gasteiger partial charge in [0.25, 0.3) is 0 Å². The van der Waals surface area contributed by atoms with E-state index in [1.807, 2.05) is 42.5 Å². The first-order valence-corrected chi connectivity index (χ1v) is 7.91. The SMILES string of the molecule is Cc1ccc(-n2c(-c3ccc(Cl)cc3)nc3ccccc32)cc1. The summed E-state index contributed by atoms with van der Waals surface area (Å²) >= 11 is 6.02. The number of hydrogen-bond acceptors (Lipinski definition) is 1. The predicted molar refractivity (Wildman–Crippen MR) is 96.3 cm³/mol. The second-order valence-electron chi connectivity index (χ2n) is 5.60. The van der Waals surface area contributed by atoms with Crippen LogP contribution in [0.3, 0.4) is 0 Å². The maximum absolute atomic E-state index is 6.02. The highest BCUT2D eigenvalue weighted by atomic mass is 35.5. The van der Waals surface area contributed by atoms with Gasteiger partial charge in [-0.2, -0.15) is 0 Å². The molecule has 0 radical (unpaired) electrons. The first-order valence-electron chi connectivity index (χ1n) is 7.53. The lowest BCUT2D eigenvalue weighted by atomic mass is 10.2. The molecule has 0 fully saturated rings. The third kappa shape index (κ3) is 2.51. The number of halogens is 1. The Morgan fingerprint density at radius 1 is 0.826 bits per heavy atom. The number of benzene rings is 3. The fraction of sp³-hybridized carbons (Fsp3) is 0.0500. The van der Waals surface area contributed by atoms with Gasteiger partial charge in [-0.05, 0) is 55.5 Å². The van der Waals surface area contributed by atoms with E-state index in [2.05, 4.69) is 41.8 Å². The first-order chi connectivity index (χ1) is 11.2. The largest absolute Gasteiger partial charge is 0.292 e. The van der Waals surface area contributed by atoms with E-state index < -0.39 is 0 Å². The summed E-state index contributed by atoms with van der Waals surface area (Å²) in [6.07, 6.45) is 0. The van der Waals surface area contributed by atoms with Crippen molar-refractivity contribution in [2.45, 2.75) is 6.92 Å². The molecule has 2 nitrogen and oxygen atoms in total. The maximum Gasteiger partial charge on any atom is 0.145 e. The summed E-state index contributed by atoms with van der Waals surface area (Å²) in [5.74, 6) is 0.923. The molecule has 0 saturated heterocycles. The summed E-state index contributed by atoms with van der Waals surface area (Å²) < 4.78 is 2.19. The van der Waals surface area contributed by atoms with Gasteiger partial charge in [0.15, 0.2) is 0 Å². The fourth-order valence-corrected chi connectivity index (χ4v) is 2.90. The van der Waals surface area contributed by atoms with Crippen LogP contribution in [0.4, 0.5) is 0 Å². The average Bonchev–Trinajstić information content (AvgIpc) is 2.96. The minimum absolute atomic E-state index is 0.728. The van der Waals surface area contributed by atoms with Crippen LogP contribution >= 0.6 is 11.6 Å². The molecule has 0 bridgehead atoms. The highest BCUT2D eigenvalue weighted by Gasteiger charge is 2.13. The van der Waals surface area contributed by atoms with E-state index in [-0.39, 0.29) is 0 Å². The number of para-hydroxylation sites is 2. The van der Waals surface area contributed by atoms with Gasteiger partial charge in [0.1, 0.15) is 5.82 Å². The zero-order valence-corrected chi connectivity index (χ0v) is 13.5. The number of fused-ring (bicyclic) bond motifs is 1. The highest BCUT2D eigenvalue weighted by Crippen LogP contribution is 2.29. The van der Waals surface area contributed by atoms with Crippen LogP contribution in [-0.2, 0) is 0 Å². The molecule has 0 aliphatic carbocycles. The Kier molecular flexibility index (Phi) is 3.40. The van der Waals surface area contributed by atoms with Gasteiger partial charge < -0.3 is 0 Å². The van der Waals surface area contributed by atoms with Gasteiger partial charge in [-0.1, -0.05) is 41.4 Å². The lowest BCUT2D eigenvalue weighted by molar-refractivity contribution is 1.10. The molecule has 4 rings (SSSR count). The van der Waals surface area contributed by atoms with Crippen molar-refractivity contribution in [3.63, 3.8) is 0 Å². The maximum atomic E-state index is 6.02. The van der Waals surface area contributed by atoms with Gasteiger partial charge in [0.05, 0.1) is 11.0 Å². The Bertz CT molecular complexity index is 967. The smallest absolute Gasteiger partial charge is 0.145 e. The number of aryl methyl sites for hydroxylation is 1. The minimum Gasteiger partial charge on any atom is -0.292 e. The predicted octanol–water partition coefficient (Wildman–Crippen LogP) is 5.65. The molecule has 0 aliphatic rings. The van der Waals surface area contributed by atoms with Gasteiger partial charge in [-0.3, -0.25) is 4.57 Å². The van der Waals surface area contributed by atoms with E-state index in [1.54, 1.807) is 0 Å². The Balaban J connectivity index is 2.01. The van der Waals surface area contributed by atoms with Crippen molar-refractivity contribution in [2.24, 2.45) is 0 Å². The van der Waals surface area contributed by atoms with Gasteiger partial charge in [0, 0.05) is 16.3 Å². The second-order valence-corrected chi connectivity index (χ2v) is 6.04. The van der Waals surface area contributed by atoms with E-state index in [0.29, 0.717) is 0 Å². The van der Waals surface area contributed by atoms with Crippen LogP contribution in [0.25, 0.3) is 28.1 Å². The summed E-state index contributed by atoms with van der Waals surface area (Å²) in [5, 5.41) is 0.728. The van der Waals surface area contributed by atoms with Gasteiger partial charge in [-0.25, -0.2) is 4.98 Å². The zero-order chi connectivity index (χ0) is 15.8. The van der Waals surface area contributed by atoms with Crippen molar-refractivity contribution in [3.05, 3.63) is 83.4 Å². The number of hydrogen-bond donors (Lipinski definition) is 0. The van der Waals surface area contributed by atoms with Gasteiger partial charge >= 0.3 is 0 Å². The van der Waals surface area contributed by atoms with Gasteiger partial charge in [-0.15, -0.1) is 0 Å². The molecular formula is C20H15ClN2. The molecule has 112 valence electrons. The van der Waals surface area contributed by atoms with Crippen molar-refractivity contribution in [3.8, 4) is 17.1 Å². The molecule has 0 atom stereocenters. The molecule has 0 amide bonds. The van der Waals surface area contributed by atoms with Gasteiger partial charge in [0.2, 0.25) is 0 Å². The molecule has 0 aliphatic heterocycles. The monoisotopic (exact) mass is 318 g/mol. The van der Waals surface area contributed by atoms with Crippen LogP contribution in [0.2, 0.25) is 5.02 Å². The van der Waals surface area contributed by atoms with Crippen LogP contribution in [0.5, 0.6) is 0 Å². The normalized spacial score (nSPS) is 11.0. The second kappa shape index (κ2) is 5.56. The van der Waals surface area contributed by atoms with Crippen molar-refractivity contribution in [1.29, 1.82) is 0 Å². The Hall–Kier alpha value is -2.58. The molecule has 0 N–H and O–H groups in total. The molecule has 0 unspecified atom stereocenters. The summed E-state index contributed by atoms with van der Waals surface area (Å²) in [6, 6.07) is 24.5. The fourth-order valence-electron chi connectivity index (χ4n) is 2.77. The summed E-state index contributed by atoms with van der Waals surface area (Å²) in [6.45, 7) is 2.09. The van der Waals surface area contributed by atoms with Crippen LogP contribution in [0.1, 0.15) is 5.56 Å². The lowest BCUT2D eigenvalue weighted by Gasteiger charge is -2.10. The molecule has 4 aromatic rings. The van der Waals surface area contributed by atoms with Crippen LogP contribution in [-0.4, -0.2) is 9.55 Å². The van der Waals surface area contributed by atoms with E-state index in [0.717, 1.165) is 33.1 Å². The molecule has 1 heterocycles. The highest BCUT2D eigenvalue weighted by molar-refractivity contribution is 6.30. The Morgan fingerprint density at radius 2 is 1.52 bits per heavy atom. The summed E-state index contributed by atoms with van der Waals surface area (Å²) in [5.41, 5.74) is 5.48. The number of imidazole rings is 1. The molecule has 0 spiro atoms. The summed E-state index contributed by atoms with van der Waals surface area (Å²) in [7, 11) is 0. The first kappa shape index (κ1) is 14.0. The standard InChI is InChI=1S/C20H15ClN2/c1-14-6-12-17(13-7-14)23-19-5-3-2-4-18(19)22-20(23)15-8-10-16(21)11-9-15/h2-13H,1H3. The third-order valence-corrected chi connectivity index (χ3v) is 4.21. The van der Waals surface area contributed by atoms with E-state index >= 15 is 0 Å². The molecule has 1 aromatic heterocycles. The minimum atomic E-state index is 0.728. The quantitative estimate of drug-likeness (QED) is 0.466. The van der Waals surface area contributed by atoms with E-state index in [1.165, 1.54) is 5.56 Å². The third-order valence-electron chi connectivity index (χ3n) is 3.96. The molecule has 3 heteroatoms. The van der Waals surface area contributed by atoms with Crippen molar-refractivity contribution >= 4 is 22.6 Å². The Morgan fingerprint density at radius 3 is 2.26 bits per heavy atom. The lowest BCUT2D eigenvalue weighted by Crippen LogP contribution is -1.97. The number of aromatic nitrogens is 2. The van der Waals surface area contributed by atoms with Crippen molar-refractivity contribution < 1.29 is 0 Å². The van der Waals surface area contributed by atoms with E-state index in [4.69, 9.17) is 16.6 Å². The van der Waals surface area contributed by atoms with Crippen LogP contribution in [0, 0.1) is 6.92 Å². The summed E-state index contributed by atoms with van der Waals surface area (Å²) in [4.78, 5) is 4.83. The topological polar surface area (TPSA) is 17.8 Å². The molecule has 0 saturated carbocycles. The van der Waals surface area contributed by atoms with Crippen molar-refractivity contribution in [1.82, 2.24) is 9.55 Å². The number of rotatable bonds is 2. The Labute approximate surface area is 140 Å². The van der Waals surface area contributed by atoms with E-state index in [9.17, 15) is 0 Å².